The quantitative estimate of drug-likeness (QED) is 0.549. The Bertz CT molecular complexity index is 1150. The van der Waals surface area contributed by atoms with Crippen LogP contribution in [0.2, 0.25) is 5.02 Å². The van der Waals surface area contributed by atoms with Gasteiger partial charge in [0.15, 0.2) is 0 Å². The number of nitrogens with one attached hydrogen (secondary N) is 2. The molecule has 1 aliphatic heterocycles. The van der Waals surface area contributed by atoms with Crippen LogP contribution >= 0.6 is 11.6 Å². The molecule has 0 saturated carbocycles. The summed E-state index contributed by atoms with van der Waals surface area (Å²) in [4.78, 5) is 27.5. The summed E-state index contributed by atoms with van der Waals surface area (Å²) in [7, 11) is 0. The lowest BCUT2D eigenvalue weighted by molar-refractivity contribution is 0.0929. The van der Waals surface area contributed by atoms with Crippen molar-refractivity contribution in [2.24, 2.45) is 0 Å². The number of carbonyl (C=O) groups excluding carboxylic acids is 2. The van der Waals surface area contributed by atoms with Crippen molar-refractivity contribution in [3.05, 3.63) is 100 Å². The molecule has 0 bridgehead atoms. The summed E-state index contributed by atoms with van der Waals surface area (Å²) < 4.78 is 13.9. The lowest BCUT2D eigenvalue weighted by Gasteiger charge is -2.35. The highest BCUT2D eigenvalue weighted by Crippen LogP contribution is 2.25. The molecule has 1 aliphatic rings. The monoisotopic (exact) mass is 465 g/mol. The maximum Gasteiger partial charge on any atom is 0.253 e. The average molecular weight is 466 g/mol. The Hall–Kier alpha value is -3.38. The highest BCUT2D eigenvalue weighted by atomic mass is 35.5. The first-order chi connectivity index (χ1) is 16.0. The molecule has 5 nitrogen and oxygen atoms in total. The Labute approximate surface area is 197 Å². The molecular formula is C26H25ClFN3O2. The van der Waals surface area contributed by atoms with E-state index in [2.05, 4.69) is 15.5 Å². The number of benzene rings is 3. The molecule has 2 amide bonds. The van der Waals surface area contributed by atoms with E-state index >= 15 is 0 Å². The van der Waals surface area contributed by atoms with Crippen LogP contribution in [-0.2, 0) is 6.54 Å². The molecule has 0 unspecified atom stereocenters. The van der Waals surface area contributed by atoms with Crippen LogP contribution in [0.25, 0.3) is 0 Å². The first kappa shape index (κ1) is 22.8. The minimum absolute atomic E-state index is 0.0507. The third-order valence-electron chi connectivity index (χ3n) is 5.80. The molecule has 3 aromatic carbocycles. The van der Waals surface area contributed by atoms with E-state index in [1.807, 2.05) is 18.2 Å². The average Bonchev–Trinajstić information content (AvgIpc) is 2.84. The number of piperidine rings is 1. The number of hydrogen-bond acceptors (Lipinski definition) is 3. The van der Waals surface area contributed by atoms with E-state index in [4.69, 9.17) is 11.6 Å². The van der Waals surface area contributed by atoms with Crippen LogP contribution in [0.15, 0.2) is 72.8 Å². The van der Waals surface area contributed by atoms with E-state index in [0.717, 1.165) is 18.5 Å². The highest BCUT2D eigenvalue weighted by molar-refractivity contribution is 6.30. The van der Waals surface area contributed by atoms with Crippen molar-refractivity contribution in [2.45, 2.75) is 25.4 Å². The van der Waals surface area contributed by atoms with E-state index < -0.39 is 0 Å². The fourth-order valence-electron chi connectivity index (χ4n) is 4.02. The maximum absolute atomic E-state index is 13.9. The van der Waals surface area contributed by atoms with Crippen molar-refractivity contribution in [3.63, 3.8) is 0 Å². The van der Waals surface area contributed by atoms with Crippen LogP contribution < -0.4 is 15.5 Å². The summed E-state index contributed by atoms with van der Waals surface area (Å²) in [5.41, 5.74) is 2.37. The molecule has 0 aromatic heterocycles. The number of halogens is 2. The van der Waals surface area contributed by atoms with Gasteiger partial charge in [0, 0.05) is 47.5 Å². The van der Waals surface area contributed by atoms with Gasteiger partial charge in [-0.15, -0.1) is 0 Å². The van der Waals surface area contributed by atoms with Crippen molar-refractivity contribution in [1.82, 2.24) is 10.6 Å². The fraction of sp³-hybridized carbons (Fsp3) is 0.231. The van der Waals surface area contributed by atoms with Gasteiger partial charge in [0.1, 0.15) is 5.82 Å². The Morgan fingerprint density at radius 3 is 2.42 bits per heavy atom. The second kappa shape index (κ2) is 10.5. The third-order valence-corrected chi connectivity index (χ3v) is 6.04. The molecule has 3 aromatic rings. The summed E-state index contributed by atoms with van der Waals surface area (Å²) in [6, 6.07) is 20.8. The van der Waals surface area contributed by atoms with Crippen molar-refractivity contribution in [1.29, 1.82) is 0 Å². The number of anilines is 1. The lowest BCUT2D eigenvalue weighted by atomic mass is 10.0. The zero-order valence-corrected chi connectivity index (χ0v) is 18.8. The Morgan fingerprint density at radius 1 is 0.939 bits per heavy atom. The molecule has 0 atom stereocenters. The van der Waals surface area contributed by atoms with Crippen molar-refractivity contribution < 1.29 is 14.0 Å². The molecule has 1 saturated heterocycles. The van der Waals surface area contributed by atoms with Gasteiger partial charge in [0.25, 0.3) is 11.8 Å². The SMILES string of the molecule is O=C(NC1CCN(c2ccccc2C(=O)NCc2ccccc2F)CC1)c1cccc(Cl)c1. The standard InChI is InChI=1S/C26H25ClFN3O2/c27-20-8-5-7-18(16-20)25(32)30-21-12-14-31(15-13-21)24-11-4-2-9-22(24)26(33)29-17-19-6-1-3-10-23(19)28/h1-11,16,21H,12-15,17H2,(H,29,33)(H,30,32). The van der Waals surface area contributed by atoms with E-state index in [9.17, 15) is 14.0 Å². The van der Waals surface area contributed by atoms with Gasteiger partial charge in [-0.1, -0.05) is 48.0 Å². The third kappa shape index (κ3) is 5.71. The lowest BCUT2D eigenvalue weighted by Crippen LogP contribution is -2.45. The molecule has 0 spiro atoms. The maximum atomic E-state index is 13.9. The second-order valence-electron chi connectivity index (χ2n) is 8.04. The zero-order chi connectivity index (χ0) is 23.2. The molecule has 7 heteroatoms. The van der Waals surface area contributed by atoms with Crippen molar-refractivity contribution in [2.75, 3.05) is 18.0 Å². The fourth-order valence-corrected chi connectivity index (χ4v) is 4.21. The number of carbonyl (C=O) groups is 2. The summed E-state index contributed by atoms with van der Waals surface area (Å²) in [5.74, 6) is -0.720. The minimum Gasteiger partial charge on any atom is -0.371 e. The second-order valence-corrected chi connectivity index (χ2v) is 8.47. The van der Waals surface area contributed by atoms with Crippen LogP contribution in [0.1, 0.15) is 39.1 Å². The molecule has 1 fully saturated rings. The summed E-state index contributed by atoms with van der Waals surface area (Å²) in [6.07, 6.45) is 1.52. The molecule has 1 heterocycles. The van der Waals surface area contributed by atoms with Gasteiger partial charge in [0.05, 0.1) is 5.56 Å². The number of rotatable bonds is 6. The molecule has 2 N–H and O–H groups in total. The number of amides is 2. The normalized spacial score (nSPS) is 14.1. The van der Waals surface area contributed by atoms with Crippen LogP contribution in [0.5, 0.6) is 0 Å². The smallest absolute Gasteiger partial charge is 0.253 e. The largest absolute Gasteiger partial charge is 0.371 e. The van der Waals surface area contributed by atoms with Crippen molar-refractivity contribution >= 4 is 29.1 Å². The van der Waals surface area contributed by atoms with Crippen LogP contribution in [0.4, 0.5) is 10.1 Å². The highest BCUT2D eigenvalue weighted by Gasteiger charge is 2.24. The summed E-state index contributed by atoms with van der Waals surface area (Å²) in [5, 5.41) is 6.43. The van der Waals surface area contributed by atoms with Gasteiger partial charge in [0.2, 0.25) is 0 Å². The molecule has 33 heavy (non-hydrogen) atoms. The Balaban J connectivity index is 1.36. The predicted octanol–water partition coefficient (Wildman–Crippen LogP) is 4.81. The van der Waals surface area contributed by atoms with Gasteiger partial charge in [-0.25, -0.2) is 4.39 Å². The van der Waals surface area contributed by atoms with Gasteiger partial charge in [-0.2, -0.15) is 0 Å². The van der Waals surface area contributed by atoms with E-state index in [1.54, 1.807) is 48.5 Å². The van der Waals surface area contributed by atoms with Crippen LogP contribution in [0, 0.1) is 5.82 Å². The molecule has 4 rings (SSSR count). The number of para-hydroxylation sites is 1. The van der Waals surface area contributed by atoms with Gasteiger partial charge >= 0.3 is 0 Å². The predicted molar refractivity (Wildman–Crippen MR) is 128 cm³/mol. The molecule has 0 aliphatic carbocycles. The van der Waals surface area contributed by atoms with Gasteiger partial charge in [-0.05, 0) is 49.2 Å². The van der Waals surface area contributed by atoms with E-state index in [0.29, 0.717) is 34.8 Å². The summed E-state index contributed by atoms with van der Waals surface area (Å²) >= 11 is 5.99. The zero-order valence-electron chi connectivity index (χ0n) is 18.1. The summed E-state index contributed by atoms with van der Waals surface area (Å²) in [6.45, 7) is 1.54. The van der Waals surface area contributed by atoms with Gasteiger partial charge in [-0.3, -0.25) is 9.59 Å². The first-order valence-corrected chi connectivity index (χ1v) is 11.3. The van der Waals surface area contributed by atoms with Crippen molar-refractivity contribution in [3.8, 4) is 0 Å². The first-order valence-electron chi connectivity index (χ1n) is 10.9. The number of hydrogen-bond donors (Lipinski definition) is 2. The minimum atomic E-state index is -0.340. The van der Waals surface area contributed by atoms with E-state index in [-0.39, 0.29) is 30.2 Å². The van der Waals surface area contributed by atoms with Gasteiger partial charge < -0.3 is 15.5 Å². The molecule has 0 radical (unpaired) electrons. The Morgan fingerprint density at radius 2 is 1.67 bits per heavy atom. The van der Waals surface area contributed by atoms with E-state index in [1.165, 1.54) is 6.07 Å². The Kier molecular flexibility index (Phi) is 7.25. The van der Waals surface area contributed by atoms with Crippen LogP contribution in [-0.4, -0.2) is 30.9 Å². The van der Waals surface area contributed by atoms with Crippen LogP contribution in [0.3, 0.4) is 0 Å². The topological polar surface area (TPSA) is 61.4 Å². The number of nitrogens with zero attached hydrogens (tertiary/aromatic N) is 1. The molecule has 170 valence electrons. The molecular weight excluding hydrogens is 441 g/mol.